The number of piperidine rings is 1. The fourth-order valence-corrected chi connectivity index (χ4v) is 3.77. The molecule has 0 aromatic heterocycles. The van der Waals surface area contributed by atoms with Crippen molar-refractivity contribution in [3.63, 3.8) is 0 Å². The number of benzene rings is 1. The average Bonchev–Trinajstić information content (AvgIpc) is 2.85. The Balaban J connectivity index is 1.81. The number of nitrogens with one attached hydrogen (secondary N) is 1. The molecule has 0 radical (unpaired) electrons. The molecule has 1 aromatic carbocycles. The van der Waals surface area contributed by atoms with E-state index >= 15 is 0 Å². The van der Waals surface area contributed by atoms with Gasteiger partial charge in [-0.25, -0.2) is 0 Å². The van der Waals surface area contributed by atoms with E-state index < -0.39 is 0 Å². The normalized spacial score (nSPS) is 35.5. The van der Waals surface area contributed by atoms with E-state index in [0.29, 0.717) is 24.0 Å². The molecule has 0 bridgehead atoms. The van der Waals surface area contributed by atoms with Crippen molar-refractivity contribution in [2.24, 2.45) is 5.92 Å². The first kappa shape index (κ1) is 13.4. The summed E-state index contributed by atoms with van der Waals surface area (Å²) >= 11 is 6.14. The maximum Gasteiger partial charge on any atom is 0.0614 e. The van der Waals surface area contributed by atoms with E-state index in [-0.39, 0.29) is 0 Å². The predicted molar refractivity (Wildman–Crippen MR) is 78.7 cm³/mol. The second kappa shape index (κ2) is 5.82. The van der Waals surface area contributed by atoms with Crippen LogP contribution in [0, 0.1) is 5.92 Å². The zero-order valence-corrected chi connectivity index (χ0v) is 12.2. The molecule has 2 saturated heterocycles. The first-order chi connectivity index (χ1) is 9.24. The minimum Gasteiger partial charge on any atom is -0.375 e. The van der Waals surface area contributed by atoms with Crippen LogP contribution in [0.15, 0.2) is 24.3 Å². The van der Waals surface area contributed by atoms with Crippen LogP contribution in [0.5, 0.6) is 0 Å². The molecule has 2 fully saturated rings. The summed E-state index contributed by atoms with van der Waals surface area (Å²) in [5, 5.41) is 4.35. The Morgan fingerprint density at radius 2 is 2.16 bits per heavy atom. The molecule has 4 unspecified atom stereocenters. The van der Waals surface area contributed by atoms with Gasteiger partial charge in [0.25, 0.3) is 0 Å². The number of rotatable bonds is 2. The fourth-order valence-electron chi connectivity index (χ4n) is 3.57. The van der Waals surface area contributed by atoms with E-state index in [4.69, 9.17) is 16.3 Å². The third kappa shape index (κ3) is 2.96. The number of halogens is 1. The summed E-state index contributed by atoms with van der Waals surface area (Å²) in [5.41, 5.74) is 1.35. The standard InChI is InChI=1S/C16H22ClNO/c1-11-5-6-16(19-11)14-7-8-18-10-15(14)12-3-2-4-13(17)9-12/h2-4,9,11,14-16,18H,5-8,10H2,1H3. The molecule has 0 amide bonds. The average molecular weight is 280 g/mol. The van der Waals surface area contributed by atoms with Crippen molar-refractivity contribution in [2.45, 2.75) is 44.3 Å². The Morgan fingerprint density at radius 1 is 1.26 bits per heavy atom. The van der Waals surface area contributed by atoms with Crippen molar-refractivity contribution >= 4 is 11.6 Å². The Hall–Kier alpha value is -0.570. The molecule has 3 heteroatoms. The van der Waals surface area contributed by atoms with Gasteiger partial charge in [0.1, 0.15) is 0 Å². The summed E-state index contributed by atoms with van der Waals surface area (Å²) in [7, 11) is 0. The van der Waals surface area contributed by atoms with Gasteiger partial charge in [0.2, 0.25) is 0 Å². The smallest absolute Gasteiger partial charge is 0.0614 e. The van der Waals surface area contributed by atoms with Crippen LogP contribution in [0.1, 0.15) is 37.7 Å². The van der Waals surface area contributed by atoms with E-state index in [1.165, 1.54) is 24.8 Å². The molecule has 0 aliphatic carbocycles. The largest absolute Gasteiger partial charge is 0.375 e. The minimum atomic E-state index is 0.430. The van der Waals surface area contributed by atoms with Crippen LogP contribution in [0.2, 0.25) is 5.02 Å². The summed E-state index contributed by atoms with van der Waals surface area (Å²) in [5.74, 6) is 1.16. The number of hydrogen-bond acceptors (Lipinski definition) is 2. The zero-order valence-electron chi connectivity index (χ0n) is 11.4. The molecule has 1 aromatic rings. The van der Waals surface area contributed by atoms with Gasteiger partial charge in [0, 0.05) is 17.5 Å². The van der Waals surface area contributed by atoms with Crippen molar-refractivity contribution < 1.29 is 4.74 Å². The lowest BCUT2D eigenvalue weighted by Crippen LogP contribution is -2.40. The quantitative estimate of drug-likeness (QED) is 0.893. The number of hydrogen-bond donors (Lipinski definition) is 1. The van der Waals surface area contributed by atoms with Crippen molar-refractivity contribution in [3.05, 3.63) is 34.9 Å². The van der Waals surface area contributed by atoms with Crippen LogP contribution in [-0.2, 0) is 4.74 Å². The lowest BCUT2D eigenvalue weighted by molar-refractivity contribution is 0.00348. The van der Waals surface area contributed by atoms with Crippen LogP contribution >= 0.6 is 11.6 Å². The zero-order chi connectivity index (χ0) is 13.2. The van der Waals surface area contributed by atoms with Crippen molar-refractivity contribution in [2.75, 3.05) is 13.1 Å². The van der Waals surface area contributed by atoms with E-state index in [0.717, 1.165) is 18.1 Å². The van der Waals surface area contributed by atoms with E-state index in [1.54, 1.807) is 0 Å². The van der Waals surface area contributed by atoms with Gasteiger partial charge in [0.15, 0.2) is 0 Å². The first-order valence-electron chi connectivity index (χ1n) is 7.35. The van der Waals surface area contributed by atoms with Crippen LogP contribution in [0.3, 0.4) is 0 Å². The highest BCUT2D eigenvalue weighted by Crippen LogP contribution is 2.38. The maximum absolute atomic E-state index is 6.14. The first-order valence-corrected chi connectivity index (χ1v) is 7.73. The summed E-state index contributed by atoms with van der Waals surface area (Å²) in [6.07, 6.45) is 4.48. The minimum absolute atomic E-state index is 0.430. The molecule has 2 heterocycles. The Kier molecular flexibility index (Phi) is 4.11. The lowest BCUT2D eigenvalue weighted by Gasteiger charge is -2.36. The topological polar surface area (TPSA) is 21.3 Å². The molecule has 19 heavy (non-hydrogen) atoms. The molecule has 3 rings (SSSR count). The molecule has 1 N–H and O–H groups in total. The van der Waals surface area contributed by atoms with Crippen molar-refractivity contribution in [1.29, 1.82) is 0 Å². The van der Waals surface area contributed by atoms with Crippen LogP contribution in [0.25, 0.3) is 0 Å². The highest BCUT2D eigenvalue weighted by Gasteiger charge is 2.36. The molecule has 2 nitrogen and oxygen atoms in total. The molecular formula is C16H22ClNO. The predicted octanol–water partition coefficient (Wildman–Crippen LogP) is 3.60. The summed E-state index contributed by atoms with van der Waals surface area (Å²) < 4.78 is 6.12. The Morgan fingerprint density at radius 3 is 2.89 bits per heavy atom. The highest BCUT2D eigenvalue weighted by molar-refractivity contribution is 6.30. The van der Waals surface area contributed by atoms with Crippen LogP contribution in [0.4, 0.5) is 0 Å². The Bertz CT molecular complexity index is 437. The van der Waals surface area contributed by atoms with Crippen LogP contribution in [-0.4, -0.2) is 25.3 Å². The molecule has 0 saturated carbocycles. The second-order valence-corrected chi connectivity index (χ2v) is 6.32. The molecular weight excluding hydrogens is 258 g/mol. The molecule has 2 aliphatic heterocycles. The van der Waals surface area contributed by atoms with Gasteiger partial charge in [-0.05, 0) is 56.3 Å². The van der Waals surface area contributed by atoms with Gasteiger partial charge in [-0.15, -0.1) is 0 Å². The second-order valence-electron chi connectivity index (χ2n) is 5.88. The van der Waals surface area contributed by atoms with Gasteiger partial charge < -0.3 is 10.1 Å². The van der Waals surface area contributed by atoms with Crippen molar-refractivity contribution in [3.8, 4) is 0 Å². The van der Waals surface area contributed by atoms with Crippen LogP contribution < -0.4 is 5.32 Å². The van der Waals surface area contributed by atoms with E-state index in [1.807, 2.05) is 6.07 Å². The summed E-state index contributed by atoms with van der Waals surface area (Å²) in [6.45, 7) is 4.34. The van der Waals surface area contributed by atoms with Gasteiger partial charge in [-0.1, -0.05) is 23.7 Å². The fraction of sp³-hybridized carbons (Fsp3) is 0.625. The highest BCUT2D eigenvalue weighted by atomic mass is 35.5. The monoisotopic (exact) mass is 279 g/mol. The van der Waals surface area contributed by atoms with Gasteiger partial charge >= 0.3 is 0 Å². The van der Waals surface area contributed by atoms with Gasteiger partial charge in [-0.2, -0.15) is 0 Å². The summed E-state index contributed by atoms with van der Waals surface area (Å²) in [6, 6.07) is 8.32. The number of ether oxygens (including phenoxy) is 1. The Labute approximate surface area is 120 Å². The molecule has 104 valence electrons. The molecule has 2 aliphatic rings. The lowest BCUT2D eigenvalue weighted by atomic mass is 9.77. The maximum atomic E-state index is 6.14. The van der Waals surface area contributed by atoms with Gasteiger partial charge in [-0.3, -0.25) is 0 Å². The van der Waals surface area contributed by atoms with E-state index in [9.17, 15) is 0 Å². The van der Waals surface area contributed by atoms with E-state index in [2.05, 4.69) is 30.4 Å². The van der Waals surface area contributed by atoms with Crippen molar-refractivity contribution in [1.82, 2.24) is 5.32 Å². The molecule has 4 atom stereocenters. The van der Waals surface area contributed by atoms with Gasteiger partial charge in [0.05, 0.1) is 12.2 Å². The molecule has 0 spiro atoms. The third-order valence-electron chi connectivity index (χ3n) is 4.55. The third-order valence-corrected chi connectivity index (χ3v) is 4.79. The summed E-state index contributed by atoms with van der Waals surface area (Å²) in [4.78, 5) is 0. The SMILES string of the molecule is CC1CCC(C2CCNCC2c2cccc(Cl)c2)O1.